The Labute approximate surface area is 96.2 Å². The van der Waals surface area contributed by atoms with Gasteiger partial charge in [-0.05, 0) is 37.0 Å². The largest absolute Gasteiger partial charge is 0.481 e. The molecule has 0 aromatic rings. The number of hydrogen-bond donors (Lipinski definition) is 1. The molecule has 0 heterocycles. The maximum atomic E-state index is 11.9. The molecule has 0 aliphatic heterocycles. The van der Waals surface area contributed by atoms with Gasteiger partial charge in [-0.1, -0.05) is 13.3 Å². The molecule has 2 aliphatic rings. The molecule has 3 heteroatoms. The van der Waals surface area contributed by atoms with Crippen molar-refractivity contribution in [1.82, 2.24) is 0 Å². The zero-order valence-electron chi connectivity index (χ0n) is 9.87. The number of fused-ring (bicyclic) bond motifs is 1. The van der Waals surface area contributed by atoms with Crippen LogP contribution in [0.15, 0.2) is 0 Å². The number of aliphatic carboxylic acids is 1. The molecule has 0 unspecified atom stereocenters. The van der Waals surface area contributed by atoms with Crippen molar-refractivity contribution in [3.05, 3.63) is 0 Å². The van der Waals surface area contributed by atoms with Gasteiger partial charge in [-0.2, -0.15) is 0 Å². The standard InChI is InChI=1S/C13H20O3/c1-13-7-2-3-10(13)9(4-5-12(15)16)11(14)6-8-13/h9-10H,2-8H2,1H3,(H,15,16)/t9-,10-,13-/m0/s1. The summed E-state index contributed by atoms with van der Waals surface area (Å²) in [4.78, 5) is 22.5. The molecule has 2 saturated carbocycles. The molecule has 0 aromatic heterocycles. The molecule has 0 amide bonds. The van der Waals surface area contributed by atoms with Crippen LogP contribution in [-0.2, 0) is 9.59 Å². The third-order valence-electron chi connectivity index (χ3n) is 4.67. The van der Waals surface area contributed by atoms with Gasteiger partial charge < -0.3 is 5.11 Å². The van der Waals surface area contributed by atoms with Crippen molar-refractivity contribution in [3.8, 4) is 0 Å². The summed E-state index contributed by atoms with van der Waals surface area (Å²) in [7, 11) is 0. The van der Waals surface area contributed by atoms with E-state index in [1.165, 1.54) is 12.8 Å². The molecule has 1 N–H and O–H groups in total. The maximum Gasteiger partial charge on any atom is 0.303 e. The Morgan fingerprint density at radius 3 is 2.94 bits per heavy atom. The first-order valence-electron chi connectivity index (χ1n) is 6.27. The lowest BCUT2D eigenvalue weighted by Gasteiger charge is -2.41. The van der Waals surface area contributed by atoms with Crippen molar-refractivity contribution in [3.63, 3.8) is 0 Å². The van der Waals surface area contributed by atoms with Gasteiger partial charge in [0, 0.05) is 18.8 Å². The molecule has 3 atom stereocenters. The molecular formula is C13H20O3. The highest BCUT2D eigenvalue weighted by molar-refractivity contribution is 5.83. The van der Waals surface area contributed by atoms with Gasteiger partial charge in [0.25, 0.3) is 0 Å². The topological polar surface area (TPSA) is 54.4 Å². The number of carboxylic acid groups (broad SMARTS) is 1. The normalized spacial score (nSPS) is 38.4. The van der Waals surface area contributed by atoms with E-state index in [1.54, 1.807) is 0 Å². The van der Waals surface area contributed by atoms with E-state index >= 15 is 0 Å². The summed E-state index contributed by atoms with van der Waals surface area (Å²) in [6.07, 6.45) is 5.91. The SMILES string of the molecule is C[C@@]12CCC[C@H]1[C@H](CCC(=O)O)C(=O)CC2. The molecule has 2 aliphatic carbocycles. The zero-order chi connectivity index (χ0) is 11.8. The summed E-state index contributed by atoms with van der Waals surface area (Å²) in [6.45, 7) is 2.28. The smallest absolute Gasteiger partial charge is 0.303 e. The van der Waals surface area contributed by atoms with E-state index in [0.29, 0.717) is 30.0 Å². The van der Waals surface area contributed by atoms with Crippen LogP contribution in [0, 0.1) is 17.3 Å². The van der Waals surface area contributed by atoms with Crippen LogP contribution in [-0.4, -0.2) is 16.9 Å². The minimum atomic E-state index is -0.780. The van der Waals surface area contributed by atoms with E-state index in [2.05, 4.69) is 6.92 Å². The van der Waals surface area contributed by atoms with Gasteiger partial charge in [-0.15, -0.1) is 0 Å². The summed E-state index contributed by atoms with van der Waals surface area (Å²) >= 11 is 0. The summed E-state index contributed by atoms with van der Waals surface area (Å²) in [5.41, 5.74) is 0.317. The highest BCUT2D eigenvalue weighted by Crippen LogP contribution is 2.54. The lowest BCUT2D eigenvalue weighted by molar-refractivity contribution is -0.138. The van der Waals surface area contributed by atoms with Gasteiger partial charge in [-0.25, -0.2) is 0 Å². The van der Waals surface area contributed by atoms with E-state index in [-0.39, 0.29) is 12.3 Å². The Balaban J connectivity index is 2.08. The second kappa shape index (κ2) is 4.19. The Morgan fingerprint density at radius 1 is 1.50 bits per heavy atom. The summed E-state index contributed by atoms with van der Waals surface area (Å²) in [6, 6.07) is 0. The summed E-state index contributed by atoms with van der Waals surface area (Å²) < 4.78 is 0. The van der Waals surface area contributed by atoms with Gasteiger partial charge in [0.1, 0.15) is 5.78 Å². The van der Waals surface area contributed by atoms with Crippen LogP contribution in [0.2, 0.25) is 0 Å². The van der Waals surface area contributed by atoms with Crippen LogP contribution >= 0.6 is 0 Å². The third kappa shape index (κ3) is 2.00. The van der Waals surface area contributed by atoms with Crippen molar-refractivity contribution < 1.29 is 14.7 Å². The number of rotatable bonds is 3. The predicted octanol–water partition coefficient (Wildman–Crippen LogP) is 2.64. The second-order valence-corrected chi connectivity index (χ2v) is 5.66. The zero-order valence-corrected chi connectivity index (χ0v) is 9.87. The van der Waals surface area contributed by atoms with Crippen molar-refractivity contribution >= 4 is 11.8 Å². The van der Waals surface area contributed by atoms with Crippen molar-refractivity contribution in [1.29, 1.82) is 0 Å². The van der Waals surface area contributed by atoms with Crippen LogP contribution < -0.4 is 0 Å². The van der Waals surface area contributed by atoms with E-state index < -0.39 is 5.97 Å². The molecule has 0 radical (unpaired) electrons. The Bertz CT molecular complexity index is 310. The van der Waals surface area contributed by atoms with Crippen molar-refractivity contribution in [2.45, 2.75) is 51.9 Å². The van der Waals surface area contributed by atoms with Gasteiger partial charge in [0.2, 0.25) is 0 Å². The maximum absolute atomic E-state index is 11.9. The molecule has 16 heavy (non-hydrogen) atoms. The number of carbonyl (C=O) groups is 2. The molecule has 0 aromatic carbocycles. The first kappa shape index (κ1) is 11.6. The van der Waals surface area contributed by atoms with Gasteiger partial charge in [0.15, 0.2) is 0 Å². The number of carbonyl (C=O) groups excluding carboxylic acids is 1. The average molecular weight is 224 g/mol. The molecule has 2 fully saturated rings. The quantitative estimate of drug-likeness (QED) is 0.801. The van der Waals surface area contributed by atoms with Crippen molar-refractivity contribution in [2.24, 2.45) is 17.3 Å². The average Bonchev–Trinajstić information content (AvgIpc) is 2.59. The fourth-order valence-electron chi connectivity index (χ4n) is 3.72. The lowest BCUT2D eigenvalue weighted by Crippen LogP contribution is -2.38. The minimum Gasteiger partial charge on any atom is -0.481 e. The fraction of sp³-hybridized carbons (Fsp3) is 0.846. The summed E-state index contributed by atoms with van der Waals surface area (Å²) in [5.74, 6) is 0.00847. The van der Waals surface area contributed by atoms with Gasteiger partial charge in [-0.3, -0.25) is 9.59 Å². The van der Waals surface area contributed by atoms with E-state index in [1.807, 2.05) is 0 Å². The van der Waals surface area contributed by atoms with Crippen LogP contribution in [0.5, 0.6) is 0 Å². The Kier molecular flexibility index (Phi) is 3.04. The highest BCUT2D eigenvalue weighted by Gasteiger charge is 2.48. The molecule has 0 bridgehead atoms. The van der Waals surface area contributed by atoms with E-state index in [4.69, 9.17) is 5.11 Å². The van der Waals surface area contributed by atoms with Crippen LogP contribution in [0.3, 0.4) is 0 Å². The van der Waals surface area contributed by atoms with Gasteiger partial charge >= 0.3 is 5.97 Å². The first-order chi connectivity index (χ1) is 7.53. The summed E-state index contributed by atoms with van der Waals surface area (Å²) in [5, 5.41) is 8.72. The second-order valence-electron chi connectivity index (χ2n) is 5.66. The molecule has 2 rings (SSSR count). The molecule has 0 spiro atoms. The van der Waals surface area contributed by atoms with E-state index in [0.717, 1.165) is 12.8 Å². The lowest BCUT2D eigenvalue weighted by atomic mass is 9.63. The van der Waals surface area contributed by atoms with Crippen molar-refractivity contribution in [2.75, 3.05) is 0 Å². The third-order valence-corrected chi connectivity index (χ3v) is 4.67. The number of carboxylic acids is 1. The molecule has 0 saturated heterocycles. The monoisotopic (exact) mass is 224 g/mol. The number of Topliss-reactive ketones (excluding diaryl/α,β-unsaturated/α-hetero) is 1. The molecule has 90 valence electrons. The van der Waals surface area contributed by atoms with Crippen LogP contribution in [0.4, 0.5) is 0 Å². The first-order valence-corrected chi connectivity index (χ1v) is 6.27. The number of ketones is 1. The fourth-order valence-corrected chi connectivity index (χ4v) is 3.72. The van der Waals surface area contributed by atoms with Gasteiger partial charge in [0.05, 0.1) is 0 Å². The van der Waals surface area contributed by atoms with E-state index in [9.17, 15) is 9.59 Å². The molecule has 3 nitrogen and oxygen atoms in total. The predicted molar refractivity (Wildman–Crippen MR) is 60.0 cm³/mol. The van der Waals surface area contributed by atoms with Crippen LogP contribution in [0.1, 0.15) is 51.9 Å². The molecular weight excluding hydrogens is 204 g/mol. The minimum absolute atomic E-state index is 0.0253. The Hall–Kier alpha value is -0.860. The number of hydrogen-bond acceptors (Lipinski definition) is 2. The highest BCUT2D eigenvalue weighted by atomic mass is 16.4. The van der Waals surface area contributed by atoms with Crippen LogP contribution in [0.25, 0.3) is 0 Å². The Morgan fingerprint density at radius 2 is 2.25 bits per heavy atom.